The van der Waals surface area contributed by atoms with Gasteiger partial charge in [-0.2, -0.15) is 10.4 Å². The lowest BCUT2D eigenvalue weighted by molar-refractivity contribution is 0.262. The van der Waals surface area contributed by atoms with E-state index in [2.05, 4.69) is 41.7 Å². The van der Waals surface area contributed by atoms with Crippen LogP contribution in [-0.2, 0) is 0 Å². The van der Waals surface area contributed by atoms with Gasteiger partial charge in [-0.1, -0.05) is 6.07 Å². The summed E-state index contributed by atoms with van der Waals surface area (Å²) in [4.78, 5) is 17.4. The normalized spacial score (nSPS) is 10.3. The van der Waals surface area contributed by atoms with Crippen molar-refractivity contribution in [2.75, 3.05) is 10.6 Å². The highest BCUT2D eigenvalue weighted by atomic mass is 79.9. The van der Waals surface area contributed by atoms with E-state index in [4.69, 9.17) is 10.00 Å². The zero-order chi connectivity index (χ0) is 20.9. The molecule has 10 heteroatoms. The van der Waals surface area contributed by atoms with E-state index < -0.39 is 6.03 Å². The van der Waals surface area contributed by atoms with Crippen molar-refractivity contribution in [3.8, 4) is 28.3 Å². The van der Waals surface area contributed by atoms with Crippen molar-refractivity contribution in [2.45, 2.75) is 0 Å². The third kappa shape index (κ3) is 4.83. The van der Waals surface area contributed by atoms with Crippen LogP contribution in [0.15, 0.2) is 64.6 Å². The molecule has 0 aliphatic carbocycles. The number of benzene rings is 1. The van der Waals surface area contributed by atoms with Gasteiger partial charge in [0.25, 0.3) is 0 Å². The molecule has 3 heterocycles. The van der Waals surface area contributed by atoms with Crippen LogP contribution in [0.1, 0.15) is 5.56 Å². The molecule has 0 saturated carbocycles. The van der Waals surface area contributed by atoms with Crippen LogP contribution in [0.3, 0.4) is 0 Å². The van der Waals surface area contributed by atoms with Crippen LogP contribution >= 0.6 is 27.3 Å². The molecule has 4 rings (SSSR count). The van der Waals surface area contributed by atoms with E-state index in [1.807, 2.05) is 18.2 Å². The fourth-order valence-electron chi connectivity index (χ4n) is 2.51. The number of rotatable bonds is 5. The molecule has 0 bridgehead atoms. The summed E-state index contributed by atoms with van der Waals surface area (Å²) >= 11 is 4.99. The number of carbonyl (C=O) groups is 1. The number of nitrogens with one attached hydrogen (secondary N) is 3. The Morgan fingerprint density at radius 3 is 2.80 bits per heavy atom. The Bertz CT molecular complexity index is 1230. The molecule has 0 aliphatic heterocycles. The second-order valence-corrected chi connectivity index (χ2v) is 8.44. The monoisotopic (exact) mass is 480 g/mol. The molecular formula is C20H13BrN6O2S. The van der Waals surface area contributed by atoms with E-state index in [0.717, 1.165) is 14.4 Å². The van der Waals surface area contributed by atoms with E-state index in [9.17, 15) is 4.79 Å². The SMILES string of the molecule is N#Cc1ccc(Oc2cccc(NC(=O)Nc3cc(-c4ccc(Br)s4)[nH]n3)c2)nc1. The van der Waals surface area contributed by atoms with Gasteiger partial charge in [0.1, 0.15) is 11.8 Å². The fourth-order valence-corrected chi connectivity index (χ4v) is 3.87. The molecule has 0 atom stereocenters. The molecule has 0 radical (unpaired) electrons. The Kier molecular flexibility index (Phi) is 5.74. The van der Waals surface area contributed by atoms with E-state index in [1.165, 1.54) is 6.20 Å². The number of thiophene rings is 1. The van der Waals surface area contributed by atoms with Gasteiger partial charge >= 0.3 is 6.03 Å². The number of ether oxygens (including phenoxy) is 1. The zero-order valence-electron chi connectivity index (χ0n) is 15.2. The molecular weight excluding hydrogens is 468 g/mol. The van der Waals surface area contributed by atoms with Crippen LogP contribution in [0.5, 0.6) is 11.6 Å². The second-order valence-electron chi connectivity index (χ2n) is 5.98. The number of carbonyl (C=O) groups excluding carboxylic acids is 1. The third-order valence-electron chi connectivity index (χ3n) is 3.84. The number of hydrogen-bond acceptors (Lipinski definition) is 6. The quantitative estimate of drug-likeness (QED) is 0.343. The van der Waals surface area contributed by atoms with Gasteiger partial charge in [0.2, 0.25) is 5.88 Å². The lowest BCUT2D eigenvalue weighted by Gasteiger charge is -2.08. The van der Waals surface area contributed by atoms with E-state index in [1.54, 1.807) is 53.8 Å². The van der Waals surface area contributed by atoms with Crippen molar-refractivity contribution in [3.63, 3.8) is 0 Å². The van der Waals surface area contributed by atoms with Gasteiger partial charge < -0.3 is 10.1 Å². The minimum Gasteiger partial charge on any atom is -0.439 e. The zero-order valence-corrected chi connectivity index (χ0v) is 17.6. The summed E-state index contributed by atoms with van der Waals surface area (Å²) in [7, 11) is 0. The van der Waals surface area contributed by atoms with Gasteiger partial charge in [-0.3, -0.25) is 10.4 Å². The summed E-state index contributed by atoms with van der Waals surface area (Å²) in [5.41, 5.74) is 1.80. The Morgan fingerprint density at radius 1 is 1.17 bits per heavy atom. The predicted molar refractivity (Wildman–Crippen MR) is 118 cm³/mol. The molecule has 8 nitrogen and oxygen atoms in total. The molecule has 4 aromatic rings. The number of pyridine rings is 1. The van der Waals surface area contributed by atoms with Crippen LogP contribution in [0.4, 0.5) is 16.3 Å². The average molecular weight is 481 g/mol. The van der Waals surface area contributed by atoms with E-state index >= 15 is 0 Å². The Hall–Kier alpha value is -3.68. The summed E-state index contributed by atoms with van der Waals surface area (Å²) in [5.74, 6) is 1.25. The smallest absolute Gasteiger partial charge is 0.324 e. The lowest BCUT2D eigenvalue weighted by Crippen LogP contribution is -2.19. The summed E-state index contributed by atoms with van der Waals surface area (Å²) < 4.78 is 6.67. The first-order valence-electron chi connectivity index (χ1n) is 8.62. The van der Waals surface area contributed by atoms with Gasteiger partial charge in [0, 0.05) is 30.1 Å². The number of urea groups is 1. The number of H-pyrrole nitrogens is 1. The number of halogens is 1. The van der Waals surface area contributed by atoms with E-state index in [-0.39, 0.29) is 0 Å². The second kappa shape index (κ2) is 8.77. The summed E-state index contributed by atoms with van der Waals surface area (Å²) in [6, 6.07) is 17.3. The maximum Gasteiger partial charge on any atom is 0.324 e. The largest absolute Gasteiger partial charge is 0.439 e. The minimum atomic E-state index is -0.436. The Labute approximate surface area is 183 Å². The molecule has 0 saturated heterocycles. The Morgan fingerprint density at radius 2 is 2.07 bits per heavy atom. The van der Waals surface area contributed by atoms with Crippen molar-refractivity contribution < 1.29 is 9.53 Å². The van der Waals surface area contributed by atoms with Gasteiger partial charge in [-0.05, 0) is 46.3 Å². The van der Waals surface area contributed by atoms with Crippen molar-refractivity contribution in [1.29, 1.82) is 5.26 Å². The first kappa shape index (κ1) is 19.6. The van der Waals surface area contributed by atoms with Crippen LogP contribution in [0.2, 0.25) is 0 Å². The van der Waals surface area contributed by atoms with Gasteiger partial charge in [-0.15, -0.1) is 11.3 Å². The van der Waals surface area contributed by atoms with Crippen molar-refractivity contribution in [1.82, 2.24) is 15.2 Å². The lowest BCUT2D eigenvalue weighted by atomic mass is 10.3. The van der Waals surface area contributed by atoms with E-state index in [0.29, 0.717) is 28.7 Å². The summed E-state index contributed by atoms with van der Waals surface area (Å²) in [6.45, 7) is 0. The molecule has 0 aliphatic rings. The highest BCUT2D eigenvalue weighted by Crippen LogP contribution is 2.31. The topological polar surface area (TPSA) is 116 Å². The van der Waals surface area contributed by atoms with Crippen LogP contribution in [0.25, 0.3) is 10.6 Å². The number of nitriles is 1. The highest BCUT2D eigenvalue weighted by Gasteiger charge is 2.10. The molecule has 0 unspecified atom stereocenters. The first-order chi connectivity index (χ1) is 14.6. The molecule has 148 valence electrons. The van der Waals surface area contributed by atoms with Crippen molar-refractivity contribution >= 4 is 44.8 Å². The molecule has 0 fully saturated rings. The summed E-state index contributed by atoms with van der Waals surface area (Å²) in [5, 5.41) is 21.3. The van der Waals surface area contributed by atoms with Crippen LogP contribution in [-0.4, -0.2) is 21.2 Å². The molecule has 1 aromatic carbocycles. The summed E-state index contributed by atoms with van der Waals surface area (Å²) in [6.07, 6.45) is 1.43. The molecule has 30 heavy (non-hydrogen) atoms. The van der Waals surface area contributed by atoms with Gasteiger partial charge in [0.05, 0.1) is 19.9 Å². The maximum absolute atomic E-state index is 12.3. The minimum absolute atomic E-state index is 0.347. The molecule has 2 amide bonds. The fraction of sp³-hybridized carbons (Fsp3) is 0. The number of aromatic amines is 1. The predicted octanol–water partition coefficient (Wildman–Crippen LogP) is 5.60. The number of hydrogen-bond donors (Lipinski definition) is 3. The van der Waals surface area contributed by atoms with Crippen LogP contribution < -0.4 is 15.4 Å². The molecule has 3 aromatic heterocycles. The number of nitrogens with zero attached hydrogens (tertiary/aromatic N) is 3. The Balaban J connectivity index is 1.38. The van der Waals surface area contributed by atoms with Crippen LogP contribution in [0, 0.1) is 11.3 Å². The third-order valence-corrected chi connectivity index (χ3v) is 5.49. The first-order valence-corrected chi connectivity index (χ1v) is 10.2. The molecule has 0 spiro atoms. The number of aromatic nitrogens is 3. The maximum atomic E-state index is 12.3. The van der Waals surface area contributed by atoms with Crippen molar-refractivity contribution in [3.05, 3.63) is 70.1 Å². The standard InChI is InChI=1S/C20H13BrN6O2S/c21-17-6-5-16(30-17)15-9-18(27-26-15)25-20(28)24-13-2-1-3-14(8-13)29-19-7-4-12(10-22)11-23-19/h1-9,11H,(H3,24,25,26,27,28). The number of amides is 2. The number of anilines is 2. The van der Waals surface area contributed by atoms with Crippen molar-refractivity contribution in [2.24, 2.45) is 0 Å². The average Bonchev–Trinajstić information content (AvgIpc) is 3.37. The highest BCUT2D eigenvalue weighted by molar-refractivity contribution is 9.11. The van der Waals surface area contributed by atoms with Gasteiger partial charge in [0.15, 0.2) is 5.82 Å². The molecule has 3 N–H and O–H groups in total. The van der Waals surface area contributed by atoms with Gasteiger partial charge in [-0.25, -0.2) is 9.78 Å².